The number of nitrogens with one attached hydrogen (secondary N) is 1. The number of carbonyl (C=O) groups is 1. The van der Waals surface area contributed by atoms with Crippen molar-refractivity contribution in [3.8, 4) is 5.75 Å². The van der Waals surface area contributed by atoms with Gasteiger partial charge in [-0.05, 0) is 23.8 Å². The lowest BCUT2D eigenvalue weighted by molar-refractivity contribution is 0.0949. The van der Waals surface area contributed by atoms with E-state index < -0.39 is 0 Å². The van der Waals surface area contributed by atoms with Crippen LogP contribution in [-0.4, -0.2) is 30.1 Å². The first kappa shape index (κ1) is 18.5. The maximum Gasteiger partial charge on any atom is 0.251 e. The van der Waals surface area contributed by atoms with Gasteiger partial charge in [0.15, 0.2) is 5.13 Å². The number of hydrogen-bond acceptors (Lipinski definition) is 5. The maximum absolute atomic E-state index is 12.5. The Morgan fingerprint density at radius 2 is 1.96 bits per heavy atom. The highest BCUT2D eigenvalue weighted by molar-refractivity contribution is 7.13. The van der Waals surface area contributed by atoms with E-state index in [9.17, 15) is 4.79 Å². The van der Waals surface area contributed by atoms with Crippen molar-refractivity contribution in [2.75, 3.05) is 18.0 Å². The SMILES string of the molecule is O=C(NCc1ccccc1)c1cccc(OC2CCN(c3nccs3)CC2)c1. The molecule has 2 heterocycles. The summed E-state index contributed by atoms with van der Waals surface area (Å²) >= 11 is 1.67. The molecule has 1 aliphatic heterocycles. The van der Waals surface area contributed by atoms with Gasteiger partial charge in [-0.2, -0.15) is 0 Å². The van der Waals surface area contributed by atoms with E-state index in [1.54, 1.807) is 11.3 Å². The molecule has 0 radical (unpaired) electrons. The van der Waals surface area contributed by atoms with Gasteiger partial charge in [0.1, 0.15) is 11.9 Å². The lowest BCUT2D eigenvalue weighted by atomic mass is 10.1. The predicted octanol–water partition coefficient (Wildman–Crippen LogP) is 4.12. The molecule has 1 aromatic heterocycles. The summed E-state index contributed by atoms with van der Waals surface area (Å²) < 4.78 is 6.15. The lowest BCUT2D eigenvalue weighted by Crippen LogP contribution is -2.38. The first-order valence-corrected chi connectivity index (χ1v) is 10.4. The molecule has 1 N–H and O–H groups in total. The highest BCUT2D eigenvalue weighted by Crippen LogP contribution is 2.25. The smallest absolute Gasteiger partial charge is 0.251 e. The summed E-state index contributed by atoms with van der Waals surface area (Å²) in [6.07, 6.45) is 3.91. The fourth-order valence-corrected chi connectivity index (χ4v) is 4.02. The Labute approximate surface area is 169 Å². The van der Waals surface area contributed by atoms with Crippen LogP contribution in [0.1, 0.15) is 28.8 Å². The van der Waals surface area contributed by atoms with Crippen molar-refractivity contribution in [2.24, 2.45) is 0 Å². The first-order valence-electron chi connectivity index (χ1n) is 9.51. The predicted molar refractivity (Wildman–Crippen MR) is 112 cm³/mol. The first-order chi connectivity index (χ1) is 13.8. The van der Waals surface area contributed by atoms with E-state index in [4.69, 9.17) is 4.74 Å². The van der Waals surface area contributed by atoms with Crippen molar-refractivity contribution in [3.05, 3.63) is 77.3 Å². The van der Waals surface area contributed by atoms with Crippen LogP contribution in [0.2, 0.25) is 0 Å². The molecule has 4 rings (SSSR count). The molecular weight excluding hydrogens is 370 g/mol. The van der Waals surface area contributed by atoms with Crippen molar-refractivity contribution in [1.29, 1.82) is 0 Å². The second-order valence-corrected chi connectivity index (χ2v) is 7.69. The van der Waals surface area contributed by atoms with Crippen LogP contribution in [0.3, 0.4) is 0 Å². The molecule has 2 aromatic carbocycles. The van der Waals surface area contributed by atoms with Crippen LogP contribution in [0.5, 0.6) is 5.75 Å². The molecule has 5 nitrogen and oxygen atoms in total. The highest BCUT2D eigenvalue weighted by Gasteiger charge is 2.22. The van der Waals surface area contributed by atoms with Crippen molar-refractivity contribution in [3.63, 3.8) is 0 Å². The zero-order valence-corrected chi connectivity index (χ0v) is 16.4. The van der Waals surface area contributed by atoms with E-state index in [0.717, 1.165) is 42.4 Å². The lowest BCUT2D eigenvalue weighted by Gasteiger charge is -2.32. The topological polar surface area (TPSA) is 54.5 Å². The van der Waals surface area contributed by atoms with Crippen LogP contribution in [-0.2, 0) is 6.54 Å². The standard InChI is InChI=1S/C22H23N3O2S/c26-21(24-16-17-5-2-1-3-6-17)18-7-4-8-20(15-18)27-19-9-12-25(13-10-19)22-23-11-14-28-22/h1-8,11,14-15,19H,9-10,12-13,16H2,(H,24,26). The molecule has 0 bridgehead atoms. The summed E-state index contributed by atoms with van der Waals surface area (Å²) in [6, 6.07) is 17.3. The minimum atomic E-state index is -0.0899. The van der Waals surface area contributed by atoms with Gasteiger partial charge in [-0.3, -0.25) is 4.79 Å². The molecule has 0 aliphatic carbocycles. The quantitative estimate of drug-likeness (QED) is 0.684. The van der Waals surface area contributed by atoms with Crippen LogP contribution < -0.4 is 15.0 Å². The number of aromatic nitrogens is 1. The van der Waals surface area contributed by atoms with Gasteiger partial charge < -0.3 is 15.0 Å². The molecule has 6 heteroatoms. The third-order valence-corrected chi connectivity index (χ3v) is 5.66. The van der Waals surface area contributed by atoms with Crippen LogP contribution in [0.15, 0.2) is 66.2 Å². The van der Waals surface area contributed by atoms with Crippen molar-refractivity contribution >= 4 is 22.4 Å². The number of hydrogen-bond donors (Lipinski definition) is 1. The third kappa shape index (κ3) is 4.70. The molecule has 0 saturated carbocycles. The maximum atomic E-state index is 12.5. The third-order valence-electron chi connectivity index (χ3n) is 4.83. The number of amides is 1. The van der Waals surface area contributed by atoms with E-state index in [1.807, 2.05) is 66.2 Å². The van der Waals surface area contributed by atoms with Crippen LogP contribution in [0, 0.1) is 0 Å². The average Bonchev–Trinajstić information content (AvgIpc) is 3.28. The number of carbonyl (C=O) groups excluding carboxylic acids is 1. The molecule has 0 atom stereocenters. The monoisotopic (exact) mass is 393 g/mol. The fourth-order valence-electron chi connectivity index (χ4n) is 3.32. The Morgan fingerprint density at radius 1 is 1.14 bits per heavy atom. The van der Waals surface area contributed by atoms with Gasteiger partial charge in [-0.15, -0.1) is 11.3 Å². The molecule has 1 fully saturated rings. The normalized spacial score (nSPS) is 14.6. The Kier molecular flexibility index (Phi) is 5.87. The second-order valence-electron chi connectivity index (χ2n) is 6.82. The summed E-state index contributed by atoms with van der Waals surface area (Å²) in [5, 5.41) is 6.05. The summed E-state index contributed by atoms with van der Waals surface area (Å²) in [6.45, 7) is 2.39. The van der Waals surface area contributed by atoms with Crippen LogP contribution in [0.4, 0.5) is 5.13 Å². The van der Waals surface area contributed by atoms with Crippen LogP contribution >= 0.6 is 11.3 Å². The number of nitrogens with zero attached hydrogens (tertiary/aromatic N) is 2. The number of anilines is 1. The van der Waals surface area contributed by atoms with Crippen molar-refractivity contribution < 1.29 is 9.53 Å². The van der Waals surface area contributed by atoms with Gasteiger partial charge in [0.05, 0.1) is 0 Å². The highest BCUT2D eigenvalue weighted by atomic mass is 32.1. The van der Waals surface area contributed by atoms with E-state index in [-0.39, 0.29) is 12.0 Å². The number of rotatable bonds is 6. The van der Waals surface area contributed by atoms with Crippen molar-refractivity contribution in [1.82, 2.24) is 10.3 Å². The average molecular weight is 394 g/mol. The Hall–Kier alpha value is -2.86. The summed E-state index contributed by atoms with van der Waals surface area (Å²) in [5.41, 5.74) is 1.70. The van der Waals surface area contributed by atoms with Crippen molar-refractivity contribution in [2.45, 2.75) is 25.5 Å². The van der Waals surface area contributed by atoms with E-state index in [2.05, 4.69) is 15.2 Å². The molecule has 3 aromatic rings. The zero-order chi connectivity index (χ0) is 19.2. The molecule has 0 unspecified atom stereocenters. The number of ether oxygens (including phenoxy) is 1. The molecule has 0 spiro atoms. The minimum Gasteiger partial charge on any atom is -0.490 e. The van der Waals surface area contributed by atoms with Gasteiger partial charge in [0.2, 0.25) is 0 Å². The Morgan fingerprint density at radius 3 is 2.71 bits per heavy atom. The van der Waals surface area contributed by atoms with Gasteiger partial charge in [0, 0.05) is 49.6 Å². The molecule has 28 heavy (non-hydrogen) atoms. The minimum absolute atomic E-state index is 0.0899. The molecule has 1 saturated heterocycles. The number of piperidine rings is 1. The Balaban J connectivity index is 1.30. The molecule has 144 valence electrons. The molecule has 1 aliphatic rings. The number of benzene rings is 2. The second kappa shape index (κ2) is 8.89. The van der Waals surface area contributed by atoms with E-state index >= 15 is 0 Å². The van der Waals surface area contributed by atoms with Gasteiger partial charge in [-0.1, -0.05) is 36.4 Å². The fraction of sp³-hybridized carbons (Fsp3) is 0.273. The molecular formula is C22H23N3O2S. The van der Waals surface area contributed by atoms with Crippen LogP contribution in [0.25, 0.3) is 0 Å². The molecule has 1 amide bonds. The largest absolute Gasteiger partial charge is 0.490 e. The Bertz CT molecular complexity index is 891. The summed E-state index contributed by atoms with van der Waals surface area (Å²) in [5.74, 6) is 0.660. The zero-order valence-electron chi connectivity index (χ0n) is 15.6. The van der Waals surface area contributed by atoms with Gasteiger partial charge in [-0.25, -0.2) is 4.98 Å². The van der Waals surface area contributed by atoms with E-state index in [0.29, 0.717) is 12.1 Å². The summed E-state index contributed by atoms with van der Waals surface area (Å²) in [4.78, 5) is 19.1. The summed E-state index contributed by atoms with van der Waals surface area (Å²) in [7, 11) is 0. The van der Waals surface area contributed by atoms with Gasteiger partial charge >= 0.3 is 0 Å². The number of thiazole rings is 1. The van der Waals surface area contributed by atoms with E-state index in [1.165, 1.54) is 0 Å². The van der Waals surface area contributed by atoms with Gasteiger partial charge in [0.25, 0.3) is 5.91 Å².